The summed E-state index contributed by atoms with van der Waals surface area (Å²) in [7, 11) is -1.92. The van der Waals surface area contributed by atoms with Crippen LogP contribution in [0.2, 0.25) is 5.02 Å². The highest BCUT2D eigenvalue weighted by Gasteiger charge is 2.21. The second-order valence-electron chi connectivity index (χ2n) is 5.76. The summed E-state index contributed by atoms with van der Waals surface area (Å²) in [4.78, 5) is 0.179. The molecule has 0 radical (unpaired) electrons. The molecule has 27 heavy (non-hydrogen) atoms. The van der Waals surface area contributed by atoms with Gasteiger partial charge in [-0.2, -0.15) is 0 Å². The Balaban J connectivity index is 1.75. The number of benzene rings is 2. The average Bonchev–Trinajstić information content (AvgIpc) is 3.07. The van der Waals surface area contributed by atoms with Gasteiger partial charge in [0.1, 0.15) is 0 Å². The van der Waals surface area contributed by atoms with Crippen molar-refractivity contribution in [3.63, 3.8) is 0 Å². The Kier molecular flexibility index (Phi) is 6.48. The molecule has 1 heterocycles. The van der Waals surface area contributed by atoms with E-state index in [1.165, 1.54) is 23.9 Å². The predicted molar refractivity (Wildman–Crippen MR) is 105 cm³/mol. The van der Waals surface area contributed by atoms with Gasteiger partial charge < -0.3 is 0 Å². The first-order chi connectivity index (χ1) is 13.0. The van der Waals surface area contributed by atoms with Crippen LogP contribution in [0.5, 0.6) is 0 Å². The number of halogens is 1. The average molecular weight is 424 g/mol. The van der Waals surface area contributed by atoms with Gasteiger partial charge in [-0.1, -0.05) is 53.7 Å². The first-order valence-electron chi connectivity index (χ1n) is 8.14. The van der Waals surface area contributed by atoms with Crippen LogP contribution in [0.3, 0.4) is 0 Å². The molecule has 10 heteroatoms. The lowest BCUT2D eigenvalue weighted by molar-refractivity contribution is 0.551. The van der Waals surface area contributed by atoms with Crippen molar-refractivity contribution < 1.29 is 8.42 Å². The van der Waals surface area contributed by atoms with Gasteiger partial charge in [0.05, 0.1) is 4.90 Å². The van der Waals surface area contributed by atoms with Gasteiger partial charge in [-0.05, 0) is 46.7 Å². The summed E-state index contributed by atoms with van der Waals surface area (Å²) in [6.07, 6.45) is 0.578. The number of hydrogen-bond donors (Lipinski definition) is 1. The Morgan fingerprint density at radius 3 is 2.48 bits per heavy atom. The van der Waals surface area contributed by atoms with Gasteiger partial charge in [0, 0.05) is 23.9 Å². The van der Waals surface area contributed by atoms with Gasteiger partial charge in [0.15, 0.2) is 0 Å². The molecule has 142 valence electrons. The van der Waals surface area contributed by atoms with Gasteiger partial charge in [0.25, 0.3) is 0 Å². The van der Waals surface area contributed by atoms with E-state index in [2.05, 4.69) is 20.2 Å². The highest BCUT2D eigenvalue weighted by atomic mass is 35.5. The molecule has 0 saturated heterocycles. The predicted octanol–water partition coefficient (Wildman–Crippen LogP) is 3.07. The highest BCUT2D eigenvalue weighted by Crippen LogP contribution is 2.24. The molecule has 2 aromatic carbocycles. The molecule has 1 atom stereocenters. The molecule has 3 aromatic rings. The molecule has 1 N–H and O–H groups in total. The Labute approximate surface area is 167 Å². The lowest BCUT2D eigenvalue weighted by Crippen LogP contribution is -2.29. The third-order valence-electron chi connectivity index (χ3n) is 3.84. The molecule has 0 fully saturated rings. The zero-order valence-electron chi connectivity index (χ0n) is 14.5. The van der Waals surface area contributed by atoms with Crippen LogP contribution in [0.25, 0.3) is 0 Å². The van der Waals surface area contributed by atoms with E-state index in [1.54, 1.807) is 23.9 Å². The fraction of sp³-hybridized carbons (Fsp3) is 0.235. The molecule has 0 bridgehead atoms. The van der Waals surface area contributed by atoms with E-state index in [-0.39, 0.29) is 10.9 Å². The zero-order valence-corrected chi connectivity index (χ0v) is 16.9. The maximum absolute atomic E-state index is 12.8. The van der Waals surface area contributed by atoms with E-state index in [4.69, 9.17) is 11.6 Å². The SMILES string of the molecule is Cn1nnnc1SCC[C@H](NS(=O)(=O)c1ccc(Cl)cc1)c1ccccc1. The summed E-state index contributed by atoms with van der Waals surface area (Å²) in [5, 5.41) is 12.5. The molecule has 0 aliphatic carbocycles. The van der Waals surface area contributed by atoms with Crippen LogP contribution in [-0.4, -0.2) is 34.4 Å². The summed E-state index contributed by atoms with van der Waals surface area (Å²) >= 11 is 7.33. The zero-order chi connectivity index (χ0) is 19.3. The minimum atomic E-state index is -3.68. The van der Waals surface area contributed by atoms with Crippen molar-refractivity contribution in [3.8, 4) is 0 Å². The van der Waals surface area contributed by atoms with Crippen molar-refractivity contribution in [2.45, 2.75) is 22.5 Å². The van der Waals surface area contributed by atoms with Crippen molar-refractivity contribution in [1.82, 2.24) is 24.9 Å². The Hall–Kier alpha value is -1.94. The van der Waals surface area contributed by atoms with E-state index < -0.39 is 10.0 Å². The molecular weight excluding hydrogens is 406 g/mol. The number of thioether (sulfide) groups is 1. The Morgan fingerprint density at radius 2 is 1.85 bits per heavy atom. The second kappa shape index (κ2) is 8.83. The fourth-order valence-corrected chi connectivity index (χ4v) is 4.70. The number of rotatable bonds is 8. The molecule has 0 unspecified atom stereocenters. The second-order valence-corrected chi connectivity index (χ2v) is 8.97. The smallest absolute Gasteiger partial charge is 0.224 e. The number of tetrazole rings is 1. The Morgan fingerprint density at radius 1 is 1.15 bits per heavy atom. The maximum atomic E-state index is 12.8. The number of aromatic nitrogens is 4. The lowest BCUT2D eigenvalue weighted by Gasteiger charge is -2.19. The van der Waals surface area contributed by atoms with E-state index in [0.29, 0.717) is 22.4 Å². The molecule has 0 amide bonds. The normalized spacial score (nSPS) is 12.8. The van der Waals surface area contributed by atoms with E-state index in [0.717, 1.165) is 5.56 Å². The molecule has 3 rings (SSSR count). The summed E-state index contributed by atoms with van der Waals surface area (Å²) in [6.45, 7) is 0. The minimum absolute atomic E-state index is 0.179. The van der Waals surface area contributed by atoms with Crippen LogP contribution in [0.1, 0.15) is 18.0 Å². The van der Waals surface area contributed by atoms with E-state index >= 15 is 0 Å². The Bertz CT molecular complexity index is 978. The van der Waals surface area contributed by atoms with Crippen LogP contribution in [0.15, 0.2) is 64.6 Å². The first kappa shape index (κ1) is 19.8. The third kappa shape index (κ3) is 5.29. The largest absolute Gasteiger partial charge is 0.241 e. The molecule has 0 aliphatic rings. The van der Waals surface area contributed by atoms with Crippen LogP contribution < -0.4 is 4.72 Å². The summed E-state index contributed by atoms with van der Waals surface area (Å²) in [6, 6.07) is 15.2. The topological polar surface area (TPSA) is 89.8 Å². The van der Waals surface area contributed by atoms with Crippen molar-refractivity contribution in [3.05, 3.63) is 65.2 Å². The van der Waals surface area contributed by atoms with Crippen LogP contribution in [-0.2, 0) is 17.1 Å². The van der Waals surface area contributed by atoms with Crippen molar-refractivity contribution in [2.24, 2.45) is 7.05 Å². The third-order valence-corrected chi connectivity index (χ3v) is 6.63. The number of sulfonamides is 1. The van der Waals surface area contributed by atoms with Crippen LogP contribution >= 0.6 is 23.4 Å². The standard InChI is InChI=1S/C17H18ClN5O2S2/c1-23-17(19-21-22-23)26-12-11-16(13-5-3-2-4-6-13)20-27(24,25)15-9-7-14(18)8-10-15/h2-10,16,20H,11-12H2,1H3/t16-/m0/s1. The number of nitrogens with zero attached hydrogens (tertiary/aromatic N) is 4. The fourth-order valence-electron chi connectivity index (χ4n) is 2.46. The maximum Gasteiger partial charge on any atom is 0.241 e. The molecule has 0 aliphatic heterocycles. The van der Waals surface area contributed by atoms with Gasteiger partial charge >= 0.3 is 0 Å². The summed E-state index contributed by atoms with van der Waals surface area (Å²) < 4.78 is 29.9. The van der Waals surface area contributed by atoms with Crippen molar-refractivity contribution in [1.29, 1.82) is 0 Å². The number of aryl methyl sites for hydroxylation is 1. The number of nitrogens with one attached hydrogen (secondary N) is 1. The summed E-state index contributed by atoms with van der Waals surface area (Å²) in [5.74, 6) is 0.650. The minimum Gasteiger partial charge on any atom is -0.224 e. The quantitative estimate of drug-likeness (QED) is 0.560. The molecule has 0 spiro atoms. The van der Waals surface area contributed by atoms with Crippen LogP contribution in [0.4, 0.5) is 0 Å². The first-order valence-corrected chi connectivity index (χ1v) is 11.0. The van der Waals surface area contributed by atoms with Gasteiger partial charge in [-0.3, -0.25) is 0 Å². The van der Waals surface area contributed by atoms with Crippen LogP contribution in [0, 0.1) is 0 Å². The molecule has 1 aromatic heterocycles. The van der Waals surface area contributed by atoms with E-state index in [1.807, 2.05) is 30.3 Å². The lowest BCUT2D eigenvalue weighted by atomic mass is 10.1. The van der Waals surface area contributed by atoms with Gasteiger partial charge in [-0.25, -0.2) is 17.8 Å². The molecular formula is C17H18ClN5O2S2. The van der Waals surface area contributed by atoms with Gasteiger partial charge in [0.2, 0.25) is 15.2 Å². The van der Waals surface area contributed by atoms with Crippen molar-refractivity contribution >= 4 is 33.4 Å². The molecule has 7 nitrogen and oxygen atoms in total. The monoisotopic (exact) mass is 423 g/mol. The highest BCUT2D eigenvalue weighted by molar-refractivity contribution is 7.99. The molecule has 0 saturated carbocycles. The van der Waals surface area contributed by atoms with Gasteiger partial charge in [-0.15, -0.1) is 5.10 Å². The van der Waals surface area contributed by atoms with E-state index in [9.17, 15) is 8.42 Å². The summed E-state index contributed by atoms with van der Waals surface area (Å²) in [5.41, 5.74) is 0.895. The number of hydrogen-bond acceptors (Lipinski definition) is 6. The van der Waals surface area contributed by atoms with Crippen molar-refractivity contribution in [2.75, 3.05) is 5.75 Å².